The van der Waals surface area contributed by atoms with E-state index in [1.165, 1.54) is 5.56 Å². The first-order valence-corrected chi connectivity index (χ1v) is 8.64. The number of hydrogen-bond acceptors (Lipinski definition) is 3. The lowest BCUT2D eigenvalue weighted by Gasteiger charge is -2.42. The number of nitrogens with two attached hydrogens (primary N) is 1. The van der Waals surface area contributed by atoms with Crippen LogP contribution in [0.5, 0.6) is 0 Å². The molecule has 4 nitrogen and oxygen atoms in total. The molecule has 1 amide bonds. The van der Waals surface area contributed by atoms with Crippen LogP contribution in [0.3, 0.4) is 0 Å². The highest BCUT2D eigenvalue weighted by atomic mass is 35.5. The Kier molecular flexibility index (Phi) is 5.96. The van der Waals surface area contributed by atoms with Crippen LogP contribution < -0.4 is 5.73 Å². The molecule has 1 atom stereocenters. The molecule has 1 saturated heterocycles. The maximum absolute atomic E-state index is 12.7. The Labute approximate surface area is 155 Å². The van der Waals surface area contributed by atoms with Crippen molar-refractivity contribution in [1.82, 2.24) is 4.90 Å². The Bertz CT molecular complexity index is 722. The number of carbonyl (C=O) groups is 1. The Morgan fingerprint density at radius 3 is 2.52 bits per heavy atom. The highest BCUT2D eigenvalue weighted by Gasteiger charge is 2.36. The molecule has 1 aromatic heterocycles. The first-order chi connectivity index (χ1) is 11.4. The van der Waals surface area contributed by atoms with Crippen LogP contribution in [0.1, 0.15) is 43.3 Å². The molecule has 25 heavy (non-hydrogen) atoms. The zero-order valence-electron chi connectivity index (χ0n) is 15.1. The van der Waals surface area contributed by atoms with Gasteiger partial charge in [0.1, 0.15) is 5.76 Å². The van der Waals surface area contributed by atoms with Gasteiger partial charge < -0.3 is 15.1 Å². The van der Waals surface area contributed by atoms with E-state index in [4.69, 9.17) is 10.2 Å². The summed E-state index contributed by atoms with van der Waals surface area (Å²) in [6.45, 7) is 7.70. The van der Waals surface area contributed by atoms with Crippen molar-refractivity contribution < 1.29 is 9.21 Å². The number of aryl methyl sites for hydroxylation is 1. The molecule has 3 rings (SSSR count). The minimum Gasteiger partial charge on any atom is -0.451 e. The van der Waals surface area contributed by atoms with Gasteiger partial charge in [-0.25, -0.2) is 0 Å². The molecular formula is C20H27ClN2O2. The van der Waals surface area contributed by atoms with Gasteiger partial charge in [-0.15, -0.1) is 12.4 Å². The minimum atomic E-state index is -0.0701. The predicted molar refractivity (Wildman–Crippen MR) is 103 cm³/mol. The Morgan fingerprint density at radius 2 is 1.92 bits per heavy atom. The summed E-state index contributed by atoms with van der Waals surface area (Å²) in [6, 6.07) is 12.0. The number of hydrogen-bond donors (Lipinski definition) is 1. The van der Waals surface area contributed by atoms with Crippen molar-refractivity contribution in [3.05, 3.63) is 47.7 Å². The molecule has 1 aliphatic rings. The summed E-state index contributed by atoms with van der Waals surface area (Å²) in [5.74, 6) is 1.08. The number of benzene rings is 1. The van der Waals surface area contributed by atoms with Crippen molar-refractivity contribution >= 4 is 18.3 Å². The smallest absolute Gasteiger partial charge is 0.289 e. The predicted octanol–water partition coefficient (Wildman–Crippen LogP) is 4.13. The molecule has 1 fully saturated rings. The number of carbonyl (C=O) groups excluding carboxylic acids is 1. The molecule has 1 aromatic carbocycles. The first kappa shape index (κ1) is 19.5. The van der Waals surface area contributed by atoms with E-state index in [1.807, 2.05) is 23.1 Å². The molecule has 0 aliphatic carbocycles. The largest absolute Gasteiger partial charge is 0.451 e. The lowest BCUT2D eigenvalue weighted by atomic mass is 9.79. The second-order valence-electron chi connectivity index (χ2n) is 7.32. The maximum Gasteiger partial charge on any atom is 0.289 e. The summed E-state index contributed by atoms with van der Waals surface area (Å²) in [6.07, 6.45) is 1.83. The molecule has 2 N–H and O–H groups in total. The lowest BCUT2D eigenvalue weighted by molar-refractivity contribution is 0.0504. The van der Waals surface area contributed by atoms with Crippen LogP contribution in [0, 0.1) is 5.41 Å². The van der Waals surface area contributed by atoms with Crippen LogP contribution in [0.15, 0.2) is 40.8 Å². The fourth-order valence-corrected chi connectivity index (χ4v) is 3.22. The van der Waals surface area contributed by atoms with E-state index in [0.717, 1.165) is 24.2 Å². The summed E-state index contributed by atoms with van der Waals surface area (Å²) >= 11 is 0. The summed E-state index contributed by atoms with van der Waals surface area (Å²) < 4.78 is 5.83. The highest BCUT2D eigenvalue weighted by Crippen LogP contribution is 2.30. The topological polar surface area (TPSA) is 59.5 Å². The Hall–Kier alpha value is -1.78. The van der Waals surface area contributed by atoms with Gasteiger partial charge in [0.05, 0.1) is 0 Å². The van der Waals surface area contributed by atoms with Gasteiger partial charge in [0, 0.05) is 24.7 Å². The third-order valence-electron chi connectivity index (χ3n) is 5.06. The fourth-order valence-electron chi connectivity index (χ4n) is 3.22. The van der Waals surface area contributed by atoms with Crippen molar-refractivity contribution in [3.63, 3.8) is 0 Å². The van der Waals surface area contributed by atoms with Gasteiger partial charge in [-0.1, -0.05) is 45.0 Å². The van der Waals surface area contributed by atoms with Gasteiger partial charge >= 0.3 is 0 Å². The van der Waals surface area contributed by atoms with Gasteiger partial charge in [-0.05, 0) is 36.0 Å². The molecule has 1 unspecified atom stereocenters. The van der Waals surface area contributed by atoms with E-state index < -0.39 is 0 Å². The second-order valence-corrected chi connectivity index (χ2v) is 7.32. The summed E-state index contributed by atoms with van der Waals surface area (Å²) in [5, 5.41) is 0. The standard InChI is InChI=1S/C20H26N2O2.ClH/c1-4-14-5-7-15(8-6-14)16-9-10-17(24-16)19(23)22-12-11-18(21)20(2,3)13-22;/h5-10,18H,4,11-13,21H2,1-3H3;1H. The number of rotatable bonds is 3. The molecule has 5 heteroatoms. The SMILES string of the molecule is CCc1ccc(-c2ccc(C(=O)N3CCC(N)C(C)(C)C3)o2)cc1.Cl. The zero-order valence-corrected chi connectivity index (χ0v) is 15.9. The normalized spacial score (nSPS) is 19.4. The number of amides is 1. The molecule has 0 bridgehead atoms. The second kappa shape index (κ2) is 7.63. The van der Waals surface area contributed by atoms with Crippen LogP contribution in [0.2, 0.25) is 0 Å². The Morgan fingerprint density at radius 1 is 1.24 bits per heavy atom. The van der Waals surface area contributed by atoms with Gasteiger partial charge in [0.25, 0.3) is 5.91 Å². The van der Waals surface area contributed by atoms with Crippen molar-refractivity contribution in [3.8, 4) is 11.3 Å². The highest BCUT2D eigenvalue weighted by molar-refractivity contribution is 5.92. The molecule has 0 saturated carbocycles. The van der Waals surface area contributed by atoms with Gasteiger partial charge in [0.2, 0.25) is 0 Å². The maximum atomic E-state index is 12.7. The average molecular weight is 363 g/mol. The van der Waals surface area contributed by atoms with Crippen LogP contribution in [0.4, 0.5) is 0 Å². The monoisotopic (exact) mass is 362 g/mol. The Balaban J connectivity index is 0.00000225. The van der Waals surface area contributed by atoms with Gasteiger partial charge in [-0.3, -0.25) is 4.79 Å². The summed E-state index contributed by atoms with van der Waals surface area (Å²) in [7, 11) is 0. The van der Waals surface area contributed by atoms with Crippen molar-refractivity contribution in [2.24, 2.45) is 11.1 Å². The third-order valence-corrected chi connectivity index (χ3v) is 5.06. The minimum absolute atomic E-state index is 0. The van der Waals surface area contributed by atoms with Crippen molar-refractivity contribution in [2.75, 3.05) is 13.1 Å². The number of nitrogens with zero attached hydrogens (tertiary/aromatic N) is 1. The van der Waals surface area contributed by atoms with Gasteiger partial charge in [-0.2, -0.15) is 0 Å². The van der Waals surface area contributed by atoms with Crippen molar-refractivity contribution in [2.45, 2.75) is 39.7 Å². The number of furan rings is 1. The zero-order chi connectivity index (χ0) is 17.3. The van der Waals surface area contributed by atoms with E-state index >= 15 is 0 Å². The molecule has 136 valence electrons. The first-order valence-electron chi connectivity index (χ1n) is 8.64. The van der Waals surface area contributed by atoms with E-state index in [2.05, 4.69) is 32.9 Å². The van der Waals surface area contributed by atoms with Crippen molar-refractivity contribution in [1.29, 1.82) is 0 Å². The average Bonchev–Trinajstić information content (AvgIpc) is 3.06. The summed E-state index contributed by atoms with van der Waals surface area (Å²) in [4.78, 5) is 14.6. The number of likely N-dealkylation sites (tertiary alicyclic amines) is 1. The molecule has 0 spiro atoms. The third kappa shape index (κ3) is 4.07. The quantitative estimate of drug-likeness (QED) is 0.893. The molecular weight excluding hydrogens is 336 g/mol. The number of piperidine rings is 1. The van der Waals surface area contributed by atoms with E-state index in [0.29, 0.717) is 18.8 Å². The van der Waals surface area contributed by atoms with E-state index in [1.54, 1.807) is 6.07 Å². The summed E-state index contributed by atoms with van der Waals surface area (Å²) in [5.41, 5.74) is 8.36. The van der Waals surface area contributed by atoms with Crippen LogP contribution in [-0.4, -0.2) is 29.9 Å². The van der Waals surface area contributed by atoms with Crippen LogP contribution >= 0.6 is 12.4 Å². The van der Waals surface area contributed by atoms with Crippen LogP contribution in [0.25, 0.3) is 11.3 Å². The van der Waals surface area contributed by atoms with Crippen LogP contribution in [-0.2, 0) is 6.42 Å². The molecule has 2 heterocycles. The number of halogens is 1. The van der Waals surface area contributed by atoms with Gasteiger partial charge in [0.15, 0.2) is 5.76 Å². The lowest BCUT2D eigenvalue weighted by Crippen LogP contribution is -2.53. The molecule has 2 aromatic rings. The fraction of sp³-hybridized carbons (Fsp3) is 0.450. The molecule has 1 aliphatic heterocycles. The van der Waals surface area contributed by atoms with E-state index in [9.17, 15) is 4.79 Å². The van der Waals surface area contributed by atoms with E-state index in [-0.39, 0.29) is 29.8 Å². The molecule has 0 radical (unpaired) electrons.